The Morgan fingerprint density at radius 1 is 1.27 bits per heavy atom. The maximum Gasteiger partial charge on any atom is 0.244 e. The van der Waals surface area contributed by atoms with Gasteiger partial charge in [-0.3, -0.25) is 4.79 Å². The van der Waals surface area contributed by atoms with Gasteiger partial charge in [0.05, 0.1) is 10.9 Å². The van der Waals surface area contributed by atoms with Gasteiger partial charge in [-0.1, -0.05) is 12.1 Å². The fourth-order valence-corrected chi connectivity index (χ4v) is 4.49. The zero-order valence-corrected chi connectivity index (χ0v) is 17.1. The molecule has 0 radical (unpaired) electrons. The summed E-state index contributed by atoms with van der Waals surface area (Å²) in [6.07, 6.45) is 5.22. The van der Waals surface area contributed by atoms with Crippen molar-refractivity contribution in [3.63, 3.8) is 0 Å². The second-order valence-corrected chi connectivity index (χ2v) is 8.81. The van der Waals surface area contributed by atoms with Gasteiger partial charge in [-0.15, -0.1) is 11.3 Å². The highest BCUT2D eigenvalue weighted by Gasteiger charge is 2.34. The van der Waals surface area contributed by atoms with Crippen LogP contribution in [0.15, 0.2) is 46.3 Å². The smallest absolute Gasteiger partial charge is 0.244 e. The van der Waals surface area contributed by atoms with Crippen LogP contribution in [0.25, 0.3) is 6.08 Å². The standard InChI is InChI=1S/C20H22BrNO3S/c1-24-16-4-2-15(3-5-16)20(10-12-25-13-11-20)14-22-19(23)9-7-17-6-8-18(21)26-17/h2-9H,10-14H2,1H3,(H,22,23). The van der Waals surface area contributed by atoms with Gasteiger partial charge in [0.2, 0.25) is 5.91 Å². The summed E-state index contributed by atoms with van der Waals surface area (Å²) in [5.74, 6) is 0.763. The van der Waals surface area contributed by atoms with Gasteiger partial charge >= 0.3 is 0 Å². The topological polar surface area (TPSA) is 47.6 Å². The molecule has 2 aromatic rings. The molecule has 0 aliphatic carbocycles. The van der Waals surface area contributed by atoms with Gasteiger partial charge in [-0.05, 0) is 64.7 Å². The SMILES string of the molecule is COc1ccc(C2(CNC(=O)C=Cc3ccc(Br)s3)CCOCC2)cc1. The molecule has 2 heterocycles. The summed E-state index contributed by atoms with van der Waals surface area (Å²) >= 11 is 5.03. The summed E-state index contributed by atoms with van der Waals surface area (Å²) in [6, 6.07) is 12.1. The second kappa shape index (κ2) is 8.84. The minimum Gasteiger partial charge on any atom is -0.497 e. The summed E-state index contributed by atoms with van der Waals surface area (Å²) in [7, 11) is 1.66. The van der Waals surface area contributed by atoms with Crippen LogP contribution in [-0.2, 0) is 14.9 Å². The molecule has 1 aliphatic heterocycles. The van der Waals surface area contributed by atoms with E-state index in [-0.39, 0.29) is 11.3 Å². The van der Waals surface area contributed by atoms with E-state index in [4.69, 9.17) is 9.47 Å². The van der Waals surface area contributed by atoms with Crippen LogP contribution in [0, 0.1) is 0 Å². The van der Waals surface area contributed by atoms with Gasteiger partial charge in [0.15, 0.2) is 0 Å². The first kappa shape index (κ1) is 19.1. The Balaban J connectivity index is 1.68. The summed E-state index contributed by atoms with van der Waals surface area (Å²) in [5, 5.41) is 3.08. The van der Waals surface area contributed by atoms with Crippen molar-refractivity contribution in [1.29, 1.82) is 0 Å². The Kier molecular flexibility index (Phi) is 6.51. The molecule has 6 heteroatoms. The number of ether oxygens (including phenoxy) is 2. The number of nitrogens with one attached hydrogen (secondary N) is 1. The molecule has 1 aromatic heterocycles. The van der Waals surface area contributed by atoms with Gasteiger partial charge in [0.25, 0.3) is 0 Å². The van der Waals surface area contributed by atoms with Crippen molar-refractivity contribution < 1.29 is 14.3 Å². The number of halogens is 1. The van der Waals surface area contributed by atoms with E-state index in [0.717, 1.165) is 27.3 Å². The largest absolute Gasteiger partial charge is 0.497 e. The van der Waals surface area contributed by atoms with Crippen LogP contribution in [0.5, 0.6) is 5.75 Å². The van der Waals surface area contributed by atoms with Crippen LogP contribution in [0.1, 0.15) is 23.3 Å². The molecule has 26 heavy (non-hydrogen) atoms. The molecule has 1 aromatic carbocycles. The monoisotopic (exact) mass is 435 g/mol. The Bertz CT molecular complexity index is 764. The maximum absolute atomic E-state index is 12.3. The Hall–Kier alpha value is -1.63. The van der Waals surface area contributed by atoms with Crippen LogP contribution < -0.4 is 10.1 Å². The van der Waals surface area contributed by atoms with Crippen LogP contribution in [0.2, 0.25) is 0 Å². The predicted molar refractivity (Wildman–Crippen MR) is 109 cm³/mol. The molecule has 3 rings (SSSR count). The first-order chi connectivity index (χ1) is 12.6. The number of methoxy groups -OCH3 is 1. The number of thiophene rings is 1. The number of carbonyl (C=O) groups is 1. The third-order valence-electron chi connectivity index (χ3n) is 4.75. The molecule has 1 saturated heterocycles. The number of hydrogen-bond acceptors (Lipinski definition) is 4. The molecular weight excluding hydrogens is 414 g/mol. The van der Waals surface area contributed by atoms with Gasteiger partial charge in [-0.25, -0.2) is 0 Å². The summed E-state index contributed by atoms with van der Waals surface area (Å²) in [4.78, 5) is 13.3. The molecule has 0 unspecified atom stereocenters. The van der Waals surface area contributed by atoms with Crippen molar-refractivity contribution in [3.8, 4) is 5.75 Å². The number of carbonyl (C=O) groups excluding carboxylic acids is 1. The minimum atomic E-state index is -0.0972. The first-order valence-electron chi connectivity index (χ1n) is 8.55. The lowest BCUT2D eigenvalue weighted by Gasteiger charge is -2.38. The lowest BCUT2D eigenvalue weighted by atomic mass is 9.74. The fourth-order valence-electron chi connectivity index (χ4n) is 3.17. The molecule has 1 N–H and O–H groups in total. The fraction of sp³-hybridized carbons (Fsp3) is 0.350. The molecular formula is C20H22BrNO3S. The van der Waals surface area contributed by atoms with E-state index in [9.17, 15) is 4.79 Å². The van der Waals surface area contributed by atoms with E-state index >= 15 is 0 Å². The minimum absolute atomic E-state index is 0.0751. The molecule has 138 valence electrons. The van der Waals surface area contributed by atoms with Gasteiger partial charge < -0.3 is 14.8 Å². The molecule has 1 fully saturated rings. The second-order valence-electron chi connectivity index (χ2n) is 6.31. The molecule has 0 bridgehead atoms. The first-order valence-corrected chi connectivity index (χ1v) is 10.2. The zero-order valence-electron chi connectivity index (χ0n) is 14.7. The van der Waals surface area contributed by atoms with E-state index in [1.165, 1.54) is 5.56 Å². The van der Waals surface area contributed by atoms with Crippen LogP contribution in [0.3, 0.4) is 0 Å². The van der Waals surface area contributed by atoms with E-state index in [1.807, 2.05) is 30.3 Å². The van der Waals surface area contributed by atoms with E-state index in [2.05, 4.69) is 33.4 Å². The summed E-state index contributed by atoms with van der Waals surface area (Å²) in [5.41, 5.74) is 1.12. The number of rotatable bonds is 6. The van der Waals surface area contributed by atoms with Gasteiger partial charge in [-0.2, -0.15) is 0 Å². The van der Waals surface area contributed by atoms with E-state index < -0.39 is 0 Å². The van der Waals surface area contributed by atoms with Crippen molar-refractivity contribution in [2.75, 3.05) is 26.9 Å². The number of amides is 1. The highest BCUT2D eigenvalue weighted by atomic mass is 79.9. The van der Waals surface area contributed by atoms with Crippen molar-refractivity contribution in [1.82, 2.24) is 5.32 Å². The molecule has 0 atom stereocenters. The van der Waals surface area contributed by atoms with E-state index in [0.29, 0.717) is 19.8 Å². The highest BCUT2D eigenvalue weighted by molar-refractivity contribution is 9.11. The van der Waals surface area contributed by atoms with E-state index in [1.54, 1.807) is 24.5 Å². The summed E-state index contributed by atoms with van der Waals surface area (Å²) in [6.45, 7) is 2.02. The van der Waals surface area contributed by atoms with Crippen LogP contribution >= 0.6 is 27.3 Å². The normalized spacial score (nSPS) is 16.5. The molecule has 0 spiro atoms. The van der Waals surface area contributed by atoms with Crippen LogP contribution in [0.4, 0.5) is 0 Å². The number of benzene rings is 1. The molecule has 0 saturated carbocycles. The lowest BCUT2D eigenvalue weighted by Crippen LogP contribution is -2.44. The number of hydrogen-bond donors (Lipinski definition) is 1. The van der Waals surface area contributed by atoms with Crippen molar-refractivity contribution >= 4 is 39.2 Å². The highest BCUT2D eigenvalue weighted by Crippen LogP contribution is 2.35. The quantitative estimate of drug-likeness (QED) is 0.683. The molecule has 1 amide bonds. The molecule has 4 nitrogen and oxygen atoms in total. The predicted octanol–water partition coefficient (Wildman–Crippen LogP) is 4.40. The average Bonchev–Trinajstić information content (AvgIpc) is 3.11. The van der Waals surface area contributed by atoms with Crippen molar-refractivity contribution in [3.05, 3.63) is 56.7 Å². The van der Waals surface area contributed by atoms with Gasteiger partial charge in [0.1, 0.15) is 5.75 Å². The third kappa shape index (κ3) is 4.75. The summed E-state index contributed by atoms with van der Waals surface area (Å²) < 4.78 is 11.9. The van der Waals surface area contributed by atoms with Crippen molar-refractivity contribution in [2.24, 2.45) is 0 Å². The Morgan fingerprint density at radius 2 is 2.00 bits per heavy atom. The third-order valence-corrected chi connectivity index (χ3v) is 6.34. The van der Waals surface area contributed by atoms with Crippen molar-refractivity contribution in [2.45, 2.75) is 18.3 Å². The van der Waals surface area contributed by atoms with Crippen LogP contribution in [-0.4, -0.2) is 32.8 Å². The maximum atomic E-state index is 12.3. The molecule has 1 aliphatic rings. The average molecular weight is 436 g/mol. The lowest BCUT2D eigenvalue weighted by molar-refractivity contribution is -0.116. The Morgan fingerprint density at radius 3 is 2.62 bits per heavy atom. The Labute approximate surface area is 166 Å². The van der Waals surface area contributed by atoms with Gasteiger partial charge in [0, 0.05) is 36.1 Å². The zero-order chi connectivity index (χ0) is 18.4.